The molecule has 24 heavy (non-hydrogen) atoms. The van der Waals surface area contributed by atoms with Crippen molar-refractivity contribution in [1.82, 2.24) is 4.98 Å². The zero-order valence-electron chi connectivity index (χ0n) is 14.0. The summed E-state index contributed by atoms with van der Waals surface area (Å²) < 4.78 is 5.14. The minimum atomic E-state index is -0.134. The second-order valence-electron chi connectivity index (χ2n) is 5.40. The third-order valence-electron chi connectivity index (χ3n) is 3.39. The molecule has 0 bridgehead atoms. The maximum Gasteiger partial charge on any atom is 0.305 e. The monoisotopic (exact) mass is 366 g/mol. The number of ether oxygens (including phenoxy) is 1. The fourth-order valence-corrected chi connectivity index (χ4v) is 3.76. The van der Waals surface area contributed by atoms with Crippen LogP contribution < -0.4 is 5.32 Å². The van der Waals surface area contributed by atoms with Gasteiger partial charge in [-0.05, 0) is 36.8 Å². The Morgan fingerprint density at radius 2 is 2.17 bits per heavy atom. The van der Waals surface area contributed by atoms with E-state index in [0.29, 0.717) is 36.0 Å². The lowest BCUT2D eigenvalue weighted by Crippen LogP contribution is -2.09. The van der Waals surface area contributed by atoms with Crippen LogP contribution >= 0.6 is 22.7 Å². The van der Waals surface area contributed by atoms with Crippen LogP contribution in [-0.4, -0.2) is 29.9 Å². The van der Waals surface area contributed by atoms with Crippen LogP contribution in [0.2, 0.25) is 0 Å². The van der Waals surface area contributed by atoms with E-state index in [9.17, 15) is 9.59 Å². The van der Waals surface area contributed by atoms with Crippen LogP contribution in [0.25, 0.3) is 0 Å². The van der Waals surface area contributed by atoms with Gasteiger partial charge in [-0.25, -0.2) is 4.98 Å². The van der Waals surface area contributed by atoms with Gasteiger partial charge >= 0.3 is 5.97 Å². The van der Waals surface area contributed by atoms with Gasteiger partial charge in [0.2, 0.25) is 5.78 Å². The number of carbonyl (C=O) groups is 2. The number of nitrogens with one attached hydrogen (secondary N) is 1. The van der Waals surface area contributed by atoms with Crippen LogP contribution in [-0.2, 0) is 9.53 Å². The van der Waals surface area contributed by atoms with E-state index in [1.54, 1.807) is 6.20 Å². The molecule has 0 saturated heterocycles. The van der Waals surface area contributed by atoms with Crippen molar-refractivity contribution >= 4 is 39.6 Å². The molecule has 2 heterocycles. The van der Waals surface area contributed by atoms with E-state index in [4.69, 9.17) is 4.74 Å². The molecule has 0 aromatic carbocycles. The minimum absolute atomic E-state index is 0.0258. The standard InChI is InChI=1S/C17H22N2O3S2/c1-3-4-6-14(20)22-9-5-8-18-17-19-11-13(24-17)15(21)16-12(2)7-10-23-16/h7,10-11H,3-6,8-9H2,1-2H3,(H,18,19). The van der Waals surface area contributed by atoms with Gasteiger partial charge in [0.1, 0.15) is 0 Å². The van der Waals surface area contributed by atoms with Crippen LogP contribution in [0.1, 0.15) is 52.7 Å². The molecule has 7 heteroatoms. The summed E-state index contributed by atoms with van der Waals surface area (Å²) >= 11 is 2.81. The molecule has 2 aromatic rings. The zero-order valence-corrected chi connectivity index (χ0v) is 15.6. The molecule has 0 aliphatic rings. The Balaban J connectivity index is 1.72. The maximum absolute atomic E-state index is 12.4. The van der Waals surface area contributed by atoms with Crippen molar-refractivity contribution < 1.29 is 14.3 Å². The summed E-state index contributed by atoms with van der Waals surface area (Å²) in [6.07, 6.45) is 4.68. The summed E-state index contributed by atoms with van der Waals surface area (Å²) in [4.78, 5) is 29.4. The highest BCUT2D eigenvalue weighted by molar-refractivity contribution is 7.19. The highest BCUT2D eigenvalue weighted by atomic mass is 32.1. The van der Waals surface area contributed by atoms with Crippen LogP contribution in [0.3, 0.4) is 0 Å². The number of ketones is 1. The second-order valence-corrected chi connectivity index (χ2v) is 7.34. The highest BCUT2D eigenvalue weighted by Gasteiger charge is 2.16. The van der Waals surface area contributed by atoms with Crippen molar-refractivity contribution in [3.8, 4) is 0 Å². The number of unbranched alkanes of at least 4 members (excludes halogenated alkanes) is 1. The van der Waals surface area contributed by atoms with Crippen molar-refractivity contribution in [2.45, 2.75) is 39.5 Å². The summed E-state index contributed by atoms with van der Waals surface area (Å²) in [6.45, 7) is 5.04. The molecule has 0 amide bonds. The van der Waals surface area contributed by atoms with Gasteiger partial charge in [0, 0.05) is 13.0 Å². The first-order valence-corrected chi connectivity index (χ1v) is 9.75. The van der Waals surface area contributed by atoms with Crippen LogP contribution in [0, 0.1) is 6.92 Å². The molecule has 1 N–H and O–H groups in total. The van der Waals surface area contributed by atoms with Crippen molar-refractivity contribution in [2.75, 3.05) is 18.5 Å². The molecule has 0 saturated carbocycles. The third kappa shape index (κ3) is 5.42. The van der Waals surface area contributed by atoms with E-state index < -0.39 is 0 Å². The van der Waals surface area contributed by atoms with E-state index in [0.717, 1.165) is 23.3 Å². The number of rotatable bonds is 10. The van der Waals surface area contributed by atoms with Crippen LogP contribution in [0.15, 0.2) is 17.6 Å². The first kappa shape index (κ1) is 18.6. The molecule has 5 nitrogen and oxygen atoms in total. The zero-order chi connectivity index (χ0) is 17.4. The van der Waals surface area contributed by atoms with Gasteiger partial charge in [0.15, 0.2) is 5.13 Å². The Kier molecular flexibility index (Phi) is 7.39. The van der Waals surface area contributed by atoms with E-state index in [1.807, 2.05) is 25.3 Å². The third-order valence-corrected chi connectivity index (χ3v) is 5.36. The van der Waals surface area contributed by atoms with Gasteiger partial charge in [0.25, 0.3) is 0 Å². The number of nitrogens with zero attached hydrogens (tertiary/aromatic N) is 1. The summed E-state index contributed by atoms with van der Waals surface area (Å²) in [6, 6.07) is 1.94. The van der Waals surface area contributed by atoms with Crippen molar-refractivity contribution in [3.63, 3.8) is 0 Å². The van der Waals surface area contributed by atoms with Crippen molar-refractivity contribution in [1.29, 1.82) is 0 Å². The number of hydrogen-bond donors (Lipinski definition) is 1. The van der Waals surface area contributed by atoms with Crippen molar-refractivity contribution in [3.05, 3.63) is 33.0 Å². The number of thiazole rings is 1. The Morgan fingerprint density at radius 1 is 1.33 bits per heavy atom. The molecule has 2 rings (SSSR count). The molecule has 0 aliphatic heterocycles. The maximum atomic E-state index is 12.4. The lowest BCUT2D eigenvalue weighted by Gasteiger charge is -2.05. The average molecular weight is 367 g/mol. The van der Waals surface area contributed by atoms with Crippen LogP contribution in [0.5, 0.6) is 0 Å². The predicted molar refractivity (Wildman–Crippen MR) is 98.2 cm³/mol. The molecule has 0 aliphatic carbocycles. The van der Waals surface area contributed by atoms with E-state index >= 15 is 0 Å². The van der Waals surface area contributed by atoms with E-state index in [-0.39, 0.29) is 11.8 Å². The lowest BCUT2D eigenvalue weighted by atomic mass is 10.2. The number of esters is 1. The SMILES string of the molecule is CCCCC(=O)OCCCNc1ncc(C(=O)c2sccc2C)s1. The highest BCUT2D eigenvalue weighted by Crippen LogP contribution is 2.25. The fourth-order valence-electron chi connectivity index (χ4n) is 2.02. The van der Waals surface area contributed by atoms with E-state index in [1.165, 1.54) is 22.7 Å². The Labute approximate surface area is 150 Å². The largest absolute Gasteiger partial charge is 0.466 e. The van der Waals surface area contributed by atoms with Gasteiger partial charge in [-0.1, -0.05) is 24.7 Å². The summed E-state index contributed by atoms with van der Waals surface area (Å²) in [5.74, 6) is -0.108. The van der Waals surface area contributed by atoms with E-state index in [2.05, 4.69) is 10.3 Å². The van der Waals surface area contributed by atoms with Gasteiger partial charge in [-0.3, -0.25) is 9.59 Å². The molecule has 0 radical (unpaired) electrons. The minimum Gasteiger partial charge on any atom is -0.466 e. The number of aromatic nitrogens is 1. The number of hydrogen-bond acceptors (Lipinski definition) is 7. The van der Waals surface area contributed by atoms with Gasteiger partial charge < -0.3 is 10.1 Å². The van der Waals surface area contributed by atoms with Crippen molar-refractivity contribution in [2.24, 2.45) is 0 Å². The first-order chi connectivity index (χ1) is 11.6. The second kappa shape index (κ2) is 9.54. The molecule has 0 fully saturated rings. The quantitative estimate of drug-likeness (QED) is 0.386. The Hall–Kier alpha value is -1.73. The molecular weight excluding hydrogens is 344 g/mol. The predicted octanol–water partition coefficient (Wildman–Crippen LogP) is 4.28. The van der Waals surface area contributed by atoms with Gasteiger partial charge in [-0.15, -0.1) is 11.3 Å². The molecular formula is C17H22N2O3S2. The molecule has 130 valence electrons. The molecule has 0 atom stereocenters. The topological polar surface area (TPSA) is 68.3 Å². The van der Waals surface area contributed by atoms with Gasteiger partial charge in [0.05, 0.1) is 22.6 Å². The van der Waals surface area contributed by atoms with Gasteiger partial charge in [-0.2, -0.15) is 0 Å². The molecule has 0 spiro atoms. The van der Waals surface area contributed by atoms with Crippen LogP contribution in [0.4, 0.5) is 5.13 Å². The summed E-state index contributed by atoms with van der Waals surface area (Å²) in [7, 11) is 0. The number of thiophene rings is 1. The number of aryl methyl sites for hydroxylation is 1. The Bertz CT molecular complexity index is 679. The Morgan fingerprint density at radius 3 is 2.88 bits per heavy atom. The normalized spacial score (nSPS) is 10.6. The number of carbonyl (C=O) groups excluding carboxylic acids is 2. The fraction of sp³-hybridized carbons (Fsp3) is 0.471. The number of anilines is 1. The lowest BCUT2D eigenvalue weighted by molar-refractivity contribution is -0.143. The smallest absolute Gasteiger partial charge is 0.305 e. The molecule has 0 unspecified atom stereocenters. The first-order valence-electron chi connectivity index (χ1n) is 8.06. The summed E-state index contributed by atoms with van der Waals surface area (Å²) in [5, 5.41) is 5.80. The average Bonchev–Trinajstić information content (AvgIpc) is 3.21. The molecule has 2 aromatic heterocycles. The summed E-state index contributed by atoms with van der Waals surface area (Å²) in [5.41, 5.74) is 0.998.